The van der Waals surface area contributed by atoms with E-state index in [-0.39, 0.29) is 17.5 Å². The van der Waals surface area contributed by atoms with E-state index < -0.39 is 0 Å². The van der Waals surface area contributed by atoms with Gasteiger partial charge in [0.1, 0.15) is 11.5 Å². The molecule has 2 rings (SSSR count). The molecule has 1 heterocycles. The lowest BCUT2D eigenvalue weighted by atomic mass is 10.0. The maximum Gasteiger partial charge on any atom is 0.119 e. The van der Waals surface area contributed by atoms with E-state index in [2.05, 4.69) is 10.6 Å². The lowest BCUT2D eigenvalue weighted by Crippen LogP contribution is -2.42. The largest absolute Gasteiger partial charge is 0.508 e. The normalized spacial score (nSPS) is 22.1. The van der Waals surface area contributed by atoms with Gasteiger partial charge in [0.2, 0.25) is 0 Å². The second-order valence-electron chi connectivity index (χ2n) is 3.49. The third-order valence-corrected chi connectivity index (χ3v) is 2.37. The molecule has 1 aliphatic rings. The van der Waals surface area contributed by atoms with E-state index in [0.717, 1.165) is 25.2 Å². The van der Waals surface area contributed by atoms with Gasteiger partial charge in [0.25, 0.3) is 0 Å². The molecule has 1 aromatic carbocycles. The molecule has 0 unspecified atom stereocenters. The average molecular weight is 194 g/mol. The predicted molar refractivity (Wildman–Crippen MR) is 53.4 cm³/mol. The summed E-state index contributed by atoms with van der Waals surface area (Å²) < 4.78 is 0. The van der Waals surface area contributed by atoms with E-state index in [1.807, 2.05) is 0 Å². The van der Waals surface area contributed by atoms with Crippen LogP contribution in [0.4, 0.5) is 0 Å². The van der Waals surface area contributed by atoms with E-state index in [1.165, 1.54) is 6.07 Å². The molecule has 1 aromatic rings. The summed E-state index contributed by atoms with van der Waals surface area (Å²) in [7, 11) is 0. The van der Waals surface area contributed by atoms with Crippen molar-refractivity contribution in [3.05, 3.63) is 23.8 Å². The maximum absolute atomic E-state index is 9.32. The molecule has 4 heteroatoms. The lowest BCUT2D eigenvalue weighted by molar-refractivity contribution is 0.418. The molecule has 0 bridgehead atoms. The number of nitrogens with one attached hydrogen (secondary N) is 2. The number of phenols is 2. The molecule has 0 aromatic heterocycles. The van der Waals surface area contributed by atoms with Crippen molar-refractivity contribution >= 4 is 0 Å². The van der Waals surface area contributed by atoms with Crippen LogP contribution in [0, 0.1) is 0 Å². The summed E-state index contributed by atoms with van der Waals surface area (Å²) in [6.45, 7) is 2.69. The first-order valence-electron chi connectivity index (χ1n) is 4.73. The Balaban J connectivity index is 2.21. The van der Waals surface area contributed by atoms with Gasteiger partial charge in [-0.3, -0.25) is 0 Å². The first-order valence-corrected chi connectivity index (χ1v) is 4.73. The van der Waals surface area contributed by atoms with Crippen LogP contribution in [0.1, 0.15) is 11.6 Å². The zero-order valence-electron chi connectivity index (χ0n) is 7.83. The highest BCUT2D eigenvalue weighted by Crippen LogP contribution is 2.24. The molecule has 14 heavy (non-hydrogen) atoms. The lowest BCUT2D eigenvalue weighted by Gasteiger charge is -2.25. The molecule has 76 valence electrons. The van der Waals surface area contributed by atoms with Crippen molar-refractivity contribution in [3.63, 3.8) is 0 Å². The second-order valence-corrected chi connectivity index (χ2v) is 3.49. The molecule has 4 nitrogen and oxygen atoms in total. The van der Waals surface area contributed by atoms with Crippen molar-refractivity contribution in [1.82, 2.24) is 10.6 Å². The smallest absolute Gasteiger partial charge is 0.119 e. The topological polar surface area (TPSA) is 64.5 Å². The molecule has 0 saturated carbocycles. The van der Waals surface area contributed by atoms with Crippen molar-refractivity contribution in [2.75, 3.05) is 19.6 Å². The van der Waals surface area contributed by atoms with Crippen molar-refractivity contribution in [2.45, 2.75) is 6.04 Å². The fraction of sp³-hybridized carbons (Fsp3) is 0.400. The monoisotopic (exact) mass is 194 g/mol. The van der Waals surface area contributed by atoms with Gasteiger partial charge in [-0.05, 0) is 17.7 Å². The van der Waals surface area contributed by atoms with E-state index in [0.29, 0.717) is 0 Å². The third-order valence-electron chi connectivity index (χ3n) is 2.37. The molecule has 1 atom stereocenters. The first kappa shape index (κ1) is 9.30. The Morgan fingerprint density at radius 2 is 1.79 bits per heavy atom. The van der Waals surface area contributed by atoms with Gasteiger partial charge < -0.3 is 20.8 Å². The summed E-state index contributed by atoms with van der Waals surface area (Å²) in [4.78, 5) is 0. The predicted octanol–water partition coefficient (Wildman–Crippen LogP) is 0.332. The van der Waals surface area contributed by atoms with Crippen LogP contribution < -0.4 is 10.6 Å². The van der Waals surface area contributed by atoms with Crippen LogP contribution in [0.2, 0.25) is 0 Å². The van der Waals surface area contributed by atoms with Crippen LogP contribution in [0.25, 0.3) is 0 Å². The quantitative estimate of drug-likeness (QED) is 0.520. The molecule has 1 fully saturated rings. The fourth-order valence-corrected chi connectivity index (χ4v) is 1.71. The Morgan fingerprint density at radius 1 is 1.07 bits per heavy atom. The highest BCUT2D eigenvalue weighted by Gasteiger charge is 2.15. The number of hydrogen-bond acceptors (Lipinski definition) is 4. The van der Waals surface area contributed by atoms with E-state index in [1.54, 1.807) is 12.1 Å². The first-order chi connectivity index (χ1) is 6.75. The summed E-state index contributed by atoms with van der Waals surface area (Å²) >= 11 is 0. The van der Waals surface area contributed by atoms with Crippen molar-refractivity contribution in [1.29, 1.82) is 0 Å². The van der Waals surface area contributed by atoms with Gasteiger partial charge in [-0.25, -0.2) is 0 Å². The van der Waals surface area contributed by atoms with Gasteiger partial charge in [-0.2, -0.15) is 0 Å². The molecular formula is C10H14N2O2. The summed E-state index contributed by atoms with van der Waals surface area (Å²) in [6, 6.07) is 4.84. The van der Waals surface area contributed by atoms with Gasteiger partial charge in [-0.1, -0.05) is 0 Å². The Morgan fingerprint density at radius 3 is 2.36 bits per heavy atom. The molecule has 0 spiro atoms. The van der Waals surface area contributed by atoms with Crippen LogP contribution in [0.3, 0.4) is 0 Å². The average Bonchev–Trinajstić information content (AvgIpc) is 2.18. The van der Waals surface area contributed by atoms with Gasteiger partial charge in [0, 0.05) is 31.7 Å². The zero-order valence-corrected chi connectivity index (χ0v) is 7.83. The number of aromatic hydroxyl groups is 2. The maximum atomic E-state index is 9.32. The summed E-state index contributed by atoms with van der Waals surface area (Å²) in [5, 5.41) is 25.2. The highest BCUT2D eigenvalue weighted by atomic mass is 16.3. The summed E-state index contributed by atoms with van der Waals surface area (Å²) in [6.07, 6.45) is 0. The number of rotatable bonds is 1. The number of benzene rings is 1. The molecule has 0 aliphatic carbocycles. The van der Waals surface area contributed by atoms with Gasteiger partial charge in [0.15, 0.2) is 0 Å². The number of phenolic OH excluding ortho intramolecular Hbond substituents is 2. The van der Waals surface area contributed by atoms with Gasteiger partial charge in [0.05, 0.1) is 0 Å². The van der Waals surface area contributed by atoms with Crippen LogP contribution >= 0.6 is 0 Å². The van der Waals surface area contributed by atoms with Crippen LogP contribution in [0.15, 0.2) is 18.2 Å². The Bertz CT molecular complexity index is 302. The number of piperazine rings is 1. The van der Waals surface area contributed by atoms with E-state index in [9.17, 15) is 10.2 Å². The summed E-state index contributed by atoms with van der Waals surface area (Å²) in [5.74, 6) is 0.208. The minimum Gasteiger partial charge on any atom is -0.508 e. The highest BCUT2D eigenvalue weighted by molar-refractivity contribution is 5.38. The second kappa shape index (κ2) is 3.86. The Hall–Kier alpha value is -1.26. The third kappa shape index (κ3) is 1.97. The van der Waals surface area contributed by atoms with Gasteiger partial charge >= 0.3 is 0 Å². The Labute approximate surface area is 82.6 Å². The molecule has 0 amide bonds. The fourth-order valence-electron chi connectivity index (χ4n) is 1.71. The van der Waals surface area contributed by atoms with Crippen LogP contribution in [-0.4, -0.2) is 29.8 Å². The number of hydrogen-bond donors (Lipinski definition) is 4. The zero-order chi connectivity index (χ0) is 9.97. The molecular weight excluding hydrogens is 180 g/mol. The molecule has 4 N–H and O–H groups in total. The molecule has 1 saturated heterocycles. The van der Waals surface area contributed by atoms with Crippen LogP contribution in [0.5, 0.6) is 11.5 Å². The minimum atomic E-state index is 0.104. The van der Waals surface area contributed by atoms with Crippen molar-refractivity contribution < 1.29 is 10.2 Å². The Kier molecular flexibility index (Phi) is 2.56. The summed E-state index contributed by atoms with van der Waals surface area (Å²) in [5.41, 5.74) is 0.912. The van der Waals surface area contributed by atoms with Crippen molar-refractivity contribution in [3.8, 4) is 11.5 Å². The molecule has 0 radical (unpaired) electrons. The SMILES string of the molecule is Oc1cc(O)cc([C@H]2CNCCN2)c1. The molecule has 1 aliphatic heterocycles. The minimum absolute atomic E-state index is 0.104. The standard InChI is InChI=1S/C10H14N2O2/c13-8-3-7(4-9(14)5-8)10-6-11-1-2-12-10/h3-5,10-14H,1-2,6H2/t10-/m1/s1. The van der Waals surface area contributed by atoms with Gasteiger partial charge in [-0.15, -0.1) is 0 Å². The van der Waals surface area contributed by atoms with Crippen LogP contribution in [-0.2, 0) is 0 Å². The van der Waals surface area contributed by atoms with E-state index >= 15 is 0 Å². The van der Waals surface area contributed by atoms with E-state index in [4.69, 9.17) is 0 Å². The van der Waals surface area contributed by atoms with Crippen molar-refractivity contribution in [2.24, 2.45) is 0 Å².